The summed E-state index contributed by atoms with van der Waals surface area (Å²) >= 11 is 11.8. The second kappa shape index (κ2) is 9.88. The number of hydrogen-bond acceptors (Lipinski definition) is 4. The molecule has 0 aromatic heterocycles. The lowest BCUT2D eigenvalue weighted by atomic mass is 10.1. The monoisotopic (exact) mass is 387 g/mol. The Morgan fingerprint density at radius 1 is 1.20 bits per heavy atom. The van der Waals surface area contributed by atoms with Crippen LogP contribution in [0.2, 0.25) is 10.0 Å². The van der Waals surface area contributed by atoms with Gasteiger partial charge >= 0.3 is 5.97 Å². The minimum absolute atomic E-state index is 0.176. The Kier molecular flexibility index (Phi) is 7.85. The van der Waals surface area contributed by atoms with Gasteiger partial charge in [-0.15, -0.1) is 0 Å². The number of hydrogen-bond donors (Lipinski definition) is 1. The third kappa shape index (κ3) is 6.75. The highest BCUT2D eigenvalue weighted by atomic mass is 35.5. The summed E-state index contributed by atoms with van der Waals surface area (Å²) in [5.74, 6) is -0.572. The van der Waals surface area contributed by atoms with Crippen molar-refractivity contribution in [3.8, 4) is 5.75 Å². The molecular weight excluding hydrogens is 365 g/mol. The molecule has 0 saturated heterocycles. The predicted octanol–water partition coefficient (Wildman–Crippen LogP) is 4.14. The van der Waals surface area contributed by atoms with Crippen LogP contribution in [0.3, 0.4) is 0 Å². The number of esters is 1. The SMILES string of the molecule is C[C@H](Oc1ccc(Cl)cc1Cl)C(=O)OCC(=O)NC1CCCCCC1. The molecule has 0 radical (unpaired) electrons. The Balaban J connectivity index is 1.75. The summed E-state index contributed by atoms with van der Waals surface area (Å²) in [5.41, 5.74) is 0. The highest BCUT2D eigenvalue weighted by Gasteiger charge is 2.20. The Morgan fingerprint density at radius 2 is 1.88 bits per heavy atom. The highest BCUT2D eigenvalue weighted by molar-refractivity contribution is 6.35. The van der Waals surface area contributed by atoms with E-state index < -0.39 is 12.1 Å². The Bertz CT molecular complexity index is 601. The molecule has 1 saturated carbocycles. The summed E-state index contributed by atoms with van der Waals surface area (Å²) < 4.78 is 10.5. The first-order valence-electron chi connectivity index (χ1n) is 8.53. The van der Waals surface area contributed by atoms with Crippen LogP contribution < -0.4 is 10.1 Å². The molecule has 0 heterocycles. The van der Waals surface area contributed by atoms with Gasteiger partial charge in [-0.25, -0.2) is 4.79 Å². The van der Waals surface area contributed by atoms with E-state index in [0.717, 1.165) is 25.7 Å². The summed E-state index contributed by atoms with van der Waals surface area (Å²) in [6.45, 7) is 1.23. The molecule has 5 nitrogen and oxygen atoms in total. The van der Waals surface area contributed by atoms with E-state index in [-0.39, 0.29) is 18.6 Å². The van der Waals surface area contributed by atoms with Crippen molar-refractivity contribution in [1.29, 1.82) is 0 Å². The molecule has 1 aromatic carbocycles. The second-order valence-electron chi connectivity index (χ2n) is 6.20. The lowest BCUT2D eigenvalue weighted by Crippen LogP contribution is -2.38. The molecule has 1 N–H and O–H groups in total. The van der Waals surface area contributed by atoms with Gasteiger partial charge in [-0.3, -0.25) is 4.79 Å². The van der Waals surface area contributed by atoms with Gasteiger partial charge in [0.05, 0.1) is 5.02 Å². The van der Waals surface area contributed by atoms with Crippen LogP contribution in [0.4, 0.5) is 0 Å². The molecule has 1 fully saturated rings. The van der Waals surface area contributed by atoms with E-state index in [0.29, 0.717) is 15.8 Å². The van der Waals surface area contributed by atoms with Crippen LogP contribution in [0, 0.1) is 0 Å². The second-order valence-corrected chi connectivity index (χ2v) is 7.04. The largest absolute Gasteiger partial charge is 0.477 e. The summed E-state index contributed by atoms with van der Waals surface area (Å²) in [5, 5.41) is 3.70. The molecule has 1 aliphatic carbocycles. The Hall–Kier alpha value is -1.46. The zero-order valence-electron chi connectivity index (χ0n) is 14.2. The molecule has 25 heavy (non-hydrogen) atoms. The number of carbonyl (C=O) groups is 2. The topological polar surface area (TPSA) is 64.6 Å². The van der Waals surface area contributed by atoms with Crippen molar-refractivity contribution < 1.29 is 19.1 Å². The smallest absolute Gasteiger partial charge is 0.347 e. The molecule has 0 aliphatic heterocycles. The minimum atomic E-state index is -0.885. The van der Waals surface area contributed by atoms with Crippen molar-refractivity contribution in [2.75, 3.05) is 6.61 Å². The van der Waals surface area contributed by atoms with Crippen molar-refractivity contribution >= 4 is 35.1 Å². The standard InChI is InChI=1S/C18H23Cl2NO4/c1-12(25-16-9-8-13(19)10-15(16)20)18(23)24-11-17(22)21-14-6-4-2-3-5-7-14/h8-10,12,14H,2-7,11H2,1H3,(H,21,22)/t12-/m0/s1. The summed E-state index contributed by atoms with van der Waals surface area (Å²) in [7, 11) is 0. The zero-order chi connectivity index (χ0) is 18.2. The average Bonchev–Trinajstić information content (AvgIpc) is 2.83. The van der Waals surface area contributed by atoms with Gasteiger partial charge < -0.3 is 14.8 Å². The molecule has 1 amide bonds. The van der Waals surface area contributed by atoms with Crippen molar-refractivity contribution in [2.24, 2.45) is 0 Å². The predicted molar refractivity (Wildman–Crippen MR) is 97.1 cm³/mol. The third-order valence-corrected chi connectivity index (χ3v) is 4.63. The molecular formula is C18H23Cl2NO4. The molecule has 1 aliphatic rings. The number of amides is 1. The molecule has 2 rings (SSSR count). The maximum absolute atomic E-state index is 12.0. The van der Waals surface area contributed by atoms with E-state index in [2.05, 4.69) is 5.32 Å². The number of nitrogens with one attached hydrogen (secondary N) is 1. The molecule has 1 aromatic rings. The van der Waals surface area contributed by atoms with Crippen molar-refractivity contribution in [3.05, 3.63) is 28.2 Å². The van der Waals surface area contributed by atoms with E-state index in [1.54, 1.807) is 12.1 Å². The first-order valence-corrected chi connectivity index (χ1v) is 9.29. The quantitative estimate of drug-likeness (QED) is 0.588. The molecule has 0 bridgehead atoms. The lowest BCUT2D eigenvalue weighted by Gasteiger charge is -2.17. The van der Waals surface area contributed by atoms with Gasteiger partial charge in [-0.1, -0.05) is 48.9 Å². The van der Waals surface area contributed by atoms with Gasteiger partial charge in [0.15, 0.2) is 12.7 Å². The first-order chi connectivity index (χ1) is 12.0. The van der Waals surface area contributed by atoms with E-state index in [4.69, 9.17) is 32.7 Å². The first kappa shape index (κ1) is 19.9. The van der Waals surface area contributed by atoms with Gasteiger partial charge in [0.1, 0.15) is 5.75 Å². The number of ether oxygens (including phenoxy) is 2. The van der Waals surface area contributed by atoms with Gasteiger partial charge in [-0.05, 0) is 38.0 Å². The number of halogens is 2. The zero-order valence-corrected chi connectivity index (χ0v) is 15.7. The van der Waals surface area contributed by atoms with Crippen LogP contribution >= 0.6 is 23.2 Å². The molecule has 7 heteroatoms. The fourth-order valence-electron chi connectivity index (χ4n) is 2.76. The molecule has 0 spiro atoms. The maximum Gasteiger partial charge on any atom is 0.347 e. The van der Waals surface area contributed by atoms with Crippen LogP contribution in [0.25, 0.3) is 0 Å². The molecule has 138 valence electrons. The fourth-order valence-corrected chi connectivity index (χ4v) is 3.21. The van der Waals surface area contributed by atoms with Crippen LogP contribution in [-0.4, -0.2) is 30.6 Å². The normalized spacial score (nSPS) is 16.6. The number of rotatable bonds is 6. The lowest BCUT2D eigenvalue weighted by molar-refractivity contribution is -0.154. The third-order valence-electron chi connectivity index (χ3n) is 4.10. The van der Waals surface area contributed by atoms with Crippen LogP contribution in [0.15, 0.2) is 18.2 Å². The summed E-state index contributed by atoms with van der Waals surface area (Å²) in [4.78, 5) is 23.9. The van der Waals surface area contributed by atoms with Gasteiger partial charge in [0, 0.05) is 11.1 Å². The van der Waals surface area contributed by atoms with E-state index in [9.17, 15) is 9.59 Å². The Morgan fingerprint density at radius 3 is 2.52 bits per heavy atom. The summed E-state index contributed by atoms with van der Waals surface area (Å²) in [6.07, 6.45) is 5.74. The highest BCUT2D eigenvalue weighted by Crippen LogP contribution is 2.28. The van der Waals surface area contributed by atoms with Crippen LogP contribution in [-0.2, 0) is 14.3 Å². The molecule has 0 unspecified atom stereocenters. The number of benzene rings is 1. The maximum atomic E-state index is 12.0. The van der Waals surface area contributed by atoms with Crippen LogP contribution in [0.1, 0.15) is 45.4 Å². The van der Waals surface area contributed by atoms with Crippen molar-refractivity contribution in [3.63, 3.8) is 0 Å². The number of carbonyl (C=O) groups excluding carboxylic acids is 2. The fraction of sp³-hybridized carbons (Fsp3) is 0.556. The minimum Gasteiger partial charge on any atom is -0.477 e. The van der Waals surface area contributed by atoms with Crippen molar-refractivity contribution in [2.45, 2.75) is 57.6 Å². The van der Waals surface area contributed by atoms with E-state index >= 15 is 0 Å². The molecule has 1 atom stereocenters. The summed E-state index contributed by atoms with van der Waals surface area (Å²) in [6, 6.07) is 4.89. The van der Waals surface area contributed by atoms with Gasteiger partial charge in [0.2, 0.25) is 0 Å². The average molecular weight is 388 g/mol. The van der Waals surface area contributed by atoms with E-state index in [1.165, 1.54) is 25.8 Å². The van der Waals surface area contributed by atoms with E-state index in [1.807, 2.05) is 0 Å². The Labute approximate surface area is 158 Å². The van der Waals surface area contributed by atoms with Gasteiger partial charge in [0.25, 0.3) is 5.91 Å². The van der Waals surface area contributed by atoms with Crippen molar-refractivity contribution in [1.82, 2.24) is 5.32 Å². The van der Waals surface area contributed by atoms with Gasteiger partial charge in [-0.2, -0.15) is 0 Å². The van der Waals surface area contributed by atoms with Crippen LogP contribution in [0.5, 0.6) is 5.75 Å².